The molecule has 3 N–H and O–H groups in total. The Bertz CT molecular complexity index is 1370. The summed E-state index contributed by atoms with van der Waals surface area (Å²) in [4.78, 5) is 30.4. The van der Waals surface area contributed by atoms with Crippen molar-refractivity contribution in [3.63, 3.8) is 0 Å². The van der Waals surface area contributed by atoms with E-state index in [0.717, 1.165) is 59.6 Å². The number of hydrogen-bond donors (Lipinski definition) is 3. The average molecular weight is 498 g/mol. The summed E-state index contributed by atoms with van der Waals surface area (Å²) in [5, 5.41) is 6.43. The number of aromatic nitrogens is 1. The van der Waals surface area contributed by atoms with Crippen molar-refractivity contribution in [1.29, 1.82) is 0 Å². The molecule has 6 nitrogen and oxygen atoms in total. The van der Waals surface area contributed by atoms with Crippen molar-refractivity contribution in [2.45, 2.75) is 46.1 Å². The number of para-hydroxylation sites is 2. The SMILES string of the molecule is COc1ccccc1-c1c(/C=C2\C(=O)Nc3ccccc32)[nH]c(C)c1C(=O)C1CC[C@H]1CCNC(C)C. The molecule has 1 aliphatic heterocycles. The van der Waals surface area contributed by atoms with Crippen LogP contribution in [0.5, 0.6) is 5.75 Å². The number of ketones is 1. The lowest BCUT2D eigenvalue weighted by atomic mass is 9.68. The summed E-state index contributed by atoms with van der Waals surface area (Å²) in [5.74, 6) is 1.11. The first-order chi connectivity index (χ1) is 17.9. The van der Waals surface area contributed by atoms with Crippen molar-refractivity contribution in [1.82, 2.24) is 10.3 Å². The van der Waals surface area contributed by atoms with Gasteiger partial charge in [0.25, 0.3) is 5.91 Å². The second-order valence-electron chi connectivity index (χ2n) is 10.4. The Kier molecular flexibility index (Phi) is 7.02. The monoisotopic (exact) mass is 497 g/mol. The summed E-state index contributed by atoms with van der Waals surface area (Å²) in [6.07, 6.45) is 4.86. The number of amides is 1. The highest BCUT2D eigenvalue weighted by Gasteiger charge is 2.39. The van der Waals surface area contributed by atoms with E-state index in [-0.39, 0.29) is 17.6 Å². The summed E-state index contributed by atoms with van der Waals surface area (Å²) in [6.45, 7) is 7.16. The van der Waals surface area contributed by atoms with Gasteiger partial charge in [0.2, 0.25) is 0 Å². The number of carbonyl (C=O) groups excluding carboxylic acids is 2. The maximum Gasteiger partial charge on any atom is 0.256 e. The van der Waals surface area contributed by atoms with E-state index in [9.17, 15) is 9.59 Å². The largest absolute Gasteiger partial charge is 0.496 e. The molecule has 1 amide bonds. The third-order valence-electron chi connectivity index (χ3n) is 7.66. The standard InChI is InChI=1S/C31H35N3O3/c1-18(2)32-16-15-20-13-14-21(20)30(35)28-19(3)33-26(29(28)23-10-6-8-12-27(23)37-4)17-24-22-9-5-7-11-25(22)34-31(24)36/h5-12,17-18,20-21,32-33H,13-16H2,1-4H3,(H,34,36)/b24-17-/t20-,21?/m0/s1. The second-order valence-corrected chi connectivity index (χ2v) is 10.4. The van der Waals surface area contributed by atoms with Crippen LogP contribution in [-0.2, 0) is 4.79 Å². The molecule has 5 rings (SSSR count). The highest BCUT2D eigenvalue weighted by Crippen LogP contribution is 2.44. The molecule has 37 heavy (non-hydrogen) atoms. The molecule has 1 unspecified atom stereocenters. The first-order valence-corrected chi connectivity index (χ1v) is 13.1. The van der Waals surface area contributed by atoms with E-state index in [1.54, 1.807) is 7.11 Å². The van der Waals surface area contributed by atoms with Gasteiger partial charge in [-0.05, 0) is 56.9 Å². The molecule has 0 radical (unpaired) electrons. The number of carbonyl (C=O) groups is 2. The number of hydrogen-bond acceptors (Lipinski definition) is 4. The molecule has 2 heterocycles. The third-order valence-corrected chi connectivity index (χ3v) is 7.66. The van der Waals surface area contributed by atoms with E-state index in [4.69, 9.17) is 4.74 Å². The Hall–Kier alpha value is -3.64. The van der Waals surface area contributed by atoms with E-state index >= 15 is 0 Å². The highest BCUT2D eigenvalue weighted by atomic mass is 16.5. The van der Waals surface area contributed by atoms with Crippen molar-refractivity contribution < 1.29 is 14.3 Å². The molecular weight excluding hydrogens is 462 g/mol. The summed E-state index contributed by atoms with van der Waals surface area (Å²) >= 11 is 0. The van der Waals surface area contributed by atoms with Crippen LogP contribution in [0.4, 0.5) is 5.69 Å². The molecule has 0 saturated heterocycles. The minimum Gasteiger partial charge on any atom is -0.496 e. The lowest BCUT2D eigenvalue weighted by Gasteiger charge is -2.36. The molecule has 0 spiro atoms. The van der Waals surface area contributed by atoms with Crippen molar-refractivity contribution >= 4 is 29.0 Å². The maximum absolute atomic E-state index is 14.1. The zero-order valence-electron chi connectivity index (χ0n) is 22.0. The lowest BCUT2D eigenvalue weighted by Crippen LogP contribution is -2.36. The fourth-order valence-corrected chi connectivity index (χ4v) is 5.63. The van der Waals surface area contributed by atoms with Gasteiger partial charge in [-0.15, -0.1) is 0 Å². The molecule has 3 aromatic rings. The number of aryl methyl sites for hydroxylation is 1. The summed E-state index contributed by atoms with van der Waals surface area (Å²) < 4.78 is 5.71. The minimum atomic E-state index is -0.149. The van der Waals surface area contributed by atoms with Gasteiger partial charge in [-0.25, -0.2) is 0 Å². The number of ether oxygens (including phenoxy) is 1. The Morgan fingerprint density at radius 2 is 1.84 bits per heavy atom. The van der Waals surface area contributed by atoms with Crippen LogP contribution in [-0.4, -0.2) is 36.4 Å². The predicted molar refractivity (Wildman–Crippen MR) is 149 cm³/mol. The van der Waals surface area contributed by atoms with Crippen molar-refractivity contribution in [2.75, 3.05) is 19.0 Å². The first kappa shape index (κ1) is 25.0. The number of methoxy groups -OCH3 is 1. The molecule has 6 heteroatoms. The topological polar surface area (TPSA) is 83.2 Å². The number of Topliss-reactive ketones (excluding diaryl/α,β-unsaturated/α-hetero) is 1. The third kappa shape index (κ3) is 4.74. The van der Waals surface area contributed by atoms with E-state index in [2.05, 4.69) is 29.5 Å². The lowest BCUT2D eigenvalue weighted by molar-refractivity contribution is -0.110. The van der Waals surface area contributed by atoms with Gasteiger partial charge in [0, 0.05) is 51.3 Å². The van der Waals surface area contributed by atoms with Gasteiger partial charge in [0.15, 0.2) is 5.78 Å². The van der Waals surface area contributed by atoms with Crippen LogP contribution in [0.3, 0.4) is 0 Å². The van der Waals surface area contributed by atoms with Crippen LogP contribution in [0.1, 0.15) is 60.4 Å². The number of fused-ring (bicyclic) bond motifs is 1. The molecular formula is C31H35N3O3. The van der Waals surface area contributed by atoms with E-state index < -0.39 is 0 Å². The zero-order valence-corrected chi connectivity index (χ0v) is 22.0. The van der Waals surface area contributed by atoms with Gasteiger partial charge in [-0.1, -0.05) is 50.2 Å². The molecule has 2 aliphatic rings. The number of nitrogens with one attached hydrogen (secondary N) is 3. The van der Waals surface area contributed by atoms with Crippen molar-refractivity contribution in [3.05, 3.63) is 71.0 Å². The molecule has 192 valence electrons. The van der Waals surface area contributed by atoms with Crippen LogP contribution in [0.2, 0.25) is 0 Å². The van der Waals surface area contributed by atoms with Crippen LogP contribution in [0, 0.1) is 18.8 Å². The number of aromatic amines is 1. The Labute approximate surface area is 218 Å². The quantitative estimate of drug-likeness (QED) is 0.247. The molecule has 1 saturated carbocycles. The Morgan fingerprint density at radius 1 is 1.11 bits per heavy atom. The van der Waals surface area contributed by atoms with Gasteiger partial charge in [-0.2, -0.15) is 0 Å². The van der Waals surface area contributed by atoms with Gasteiger partial charge in [-0.3, -0.25) is 9.59 Å². The fourth-order valence-electron chi connectivity index (χ4n) is 5.63. The smallest absolute Gasteiger partial charge is 0.256 e. The van der Waals surface area contributed by atoms with Gasteiger partial charge in [0.05, 0.1) is 12.7 Å². The minimum absolute atomic E-state index is 0.00734. The predicted octanol–water partition coefficient (Wildman–Crippen LogP) is 6.09. The first-order valence-electron chi connectivity index (χ1n) is 13.1. The molecule has 1 fully saturated rings. The summed E-state index contributed by atoms with van der Waals surface area (Å²) in [5.41, 5.74) is 6.13. The number of anilines is 1. The number of benzene rings is 2. The van der Waals surface area contributed by atoms with Gasteiger partial charge in [0.1, 0.15) is 5.75 Å². The highest BCUT2D eigenvalue weighted by molar-refractivity contribution is 6.35. The number of rotatable bonds is 9. The van der Waals surface area contributed by atoms with E-state index in [0.29, 0.717) is 28.8 Å². The fraction of sp³-hybridized carbons (Fsp3) is 0.355. The average Bonchev–Trinajstić information content (AvgIpc) is 3.36. The normalized spacial score (nSPS) is 19.6. The van der Waals surface area contributed by atoms with Gasteiger partial charge < -0.3 is 20.4 Å². The Morgan fingerprint density at radius 3 is 2.54 bits per heavy atom. The zero-order chi connectivity index (χ0) is 26.1. The maximum atomic E-state index is 14.1. The molecule has 0 bridgehead atoms. The van der Waals surface area contributed by atoms with Crippen molar-refractivity contribution in [3.8, 4) is 16.9 Å². The summed E-state index contributed by atoms with van der Waals surface area (Å²) in [6, 6.07) is 15.9. The molecule has 1 aliphatic carbocycles. The van der Waals surface area contributed by atoms with Crippen LogP contribution >= 0.6 is 0 Å². The van der Waals surface area contributed by atoms with Crippen LogP contribution in [0.25, 0.3) is 22.8 Å². The van der Waals surface area contributed by atoms with E-state index in [1.165, 1.54) is 0 Å². The number of H-pyrrole nitrogens is 1. The summed E-state index contributed by atoms with van der Waals surface area (Å²) in [7, 11) is 1.64. The molecule has 2 aromatic carbocycles. The van der Waals surface area contributed by atoms with Gasteiger partial charge >= 0.3 is 0 Å². The molecule has 1 aromatic heterocycles. The van der Waals surface area contributed by atoms with Crippen LogP contribution in [0.15, 0.2) is 48.5 Å². The molecule has 2 atom stereocenters. The second kappa shape index (κ2) is 10.4. The van der Waals surface area contributed by atoms with Crippen LogP contribution < -0.4 is 15.4 Å². The Balaban J connectivity index is 1.59. The van der Waals surface area contributed by atoms with E-state index in [1.807, 2.05) is 61.5 Å². The van der Waals surface area contributed by atoms with Crippen molar-refractivity contribution in [2.24, 2.45) is 11.8 Å².